The molecule has 1 N–H and O–H groups in total. The normalized spacial score (nSPS) is 9.96. The van der Waals surface area contributed by atoms with Crippen molar-refractivity contribution < 1.29 is 28.6 Å². The van der Waals surface area contributed by atoms with Crippen LogP contribution in [0.5, 0.6) is 11.5 Å². The molecule has 0 radical (unpaired) electrons. The number of amides is 1. The molecular formula is C19H19NO6. The molecule has 2 aromatic carbocycles. The molecule has 0 aliphatic carbocycles. The maximum absolute atomic E-state index is 12.2. The van der Waals surface area contributed by atoms with E-state index < -0.39 is 5.97 Å². The van der Waals surface area contributed by atoms with Crippen molar-refractivity contribution in [2.45, 2.75) is 6.92 Å². The molecule has 0 heterocycles. The number of carbonyl (C=O) groups is 3. The van der Waals surface area contributed by atoms with E-state index in [9.17, 15) is 14.4 Å². The molecule has 0 unspecified atom stereocenters. The molecule has 0 fully saturated rings. The third-order valence-electron chi connectivity index (χ3n) is 3.47. The Bertz CT molecular complexity index is 813. The molecular weight excluding hydrogens is 338 g/mol. The Labute approximate surface area is 150 Å². The SMILES string of the molecule is COC(=O)c1ccc(OCC(=O)c2ccc(NC(C)=O)cc2)c(OC)c1. The zero-order chi connectivity index (χ0) is 19.1. The summed E-state index contributed by atoms with van der Waals surface area (Å²) < 4.78 is 15.3. The van der Waals surface area contributed by atoms with Gasteiger partial charge in [0.2, 0.25) is 5.91 Å². The summed E-state index contributed by atoms with van der Waals surface area (Å²) in [5.41, 5.74) is 1.37. The number of nitrogens with one attached hydrogen (secondary N) is 1. The highest BCUT2D eigenvalue weighted by Crippen LogP contribution is 2.28. The number of carbonyl (C=O) groups excluding carboxylic acids is 3. The minimum atomic E-state index is -0.495. The fraction of sp³-hybridized carbons (Fsp3) is 0.211. The Kier molecular flexibility index (Phi) is 6.32. The van der Waals surface area contributed by atoms with Crippen LogP contribution in [0.15, 0.2) is 42.5 Å². The smallest absolute Gasteiger partial charge is 0.337 e. The first-order valence-corrected chi connectivity index (χ1v) is 7.74. The van der Waals surface area contributed by atoms with E-state index in [1.54, 1.807) is 24.3 Å². The highest BCUT2D eigenvalue weighted by molar-refractivity contribution is 5.98. The summed E-state index contributed by atoms with van der Waals surface area (Å²) in [4.78, 5) is 34.8. The van der Waals surface area contributed by atoms with Crippen molar-refractivity contribution in [2.75, 3.05) is 26.1 Å². The van der Waals surface area contributed by atoms with Crippen LogP contribution >= 0.6 is 0 Å². The minimum Gasteiger partial charge on any atom is -0.493 e. The molecule has 7 heteroatoms. The van der Waals surface area contributed by atoms with Crippen LogP contribution in [-0.4, -0.2) is 38.5 Å². The van der Waals surface area contributed by atoms with E-state index >= 15 is 0 Å². The lowest BCUT2D eigenvalue weighted by Crippen LogP contribution is -2.13. The molecule has 0 aliphatic heterocycles. The van der Waals surface area contributed by atoms with Crippen LogP contribution < -0.4 is 14.8 Å². The van der Waals surface area contributed by atoms with Gasteiger partial charge in [-0.25, -0.2) is 4.79 Å². The number of Topliss-reactive ketones (excluding diaryl/α,β-unsaturated/α-hetero) is 1. The Balaban J connectivity index is 2.04. The van der Waals surface area contributed by atoms with Crippen LogP contribution in [0.1, 0.15) is 27.6 Å². The van der Waals surface area contributed by atoms with Crippen molar-refractivity contribution in [1.82, 2.24) is 0 Å². The number of esters is 1. The quantitative estimate of drug-likeness (QED) is 0.605. The first-order valence-electron chi connectivity index (χ1n) is 7.74. The van der Waals surface area contributed by atoms with Gasteiger partial charge in [0, 0.05) is 18.2 Å². The lowest BCUT2D eigenvalue weighted by atomic mass is 10.1. The van der Waals surface area contributed by atoms with Crippen molar-refractivity contribution in [3.05, 3.63) is 53.6 Å². The molecule has 0 spiro atoms. The van der Waals surface area contributed by atoms with Gasteiger partial charge in [-0.2, -0.15) is 0 Å². The molecule has 26 heavy (non-hydrogen) atoms. The van der Waals surface area contributed by atoms with Gasteiger partial charge in [0.15, 0.2) is 23.9 Å². The van der Waals surface area contributed by atoms with Crippen LogP contribution in [0.3, 0.4) is 0 Å². The maximum Gasteiger partial charge on any atom is 0.337 e. The summed E-state index contributed by atoms with van der Waals surface area (Å²) in [5, 5.41) is 2.63. The Hall–Kier alpha value is -3.35. The second-order valence-electron chi connectivity index (χ2n) is 5.33. The van der Waals surface area contributed by atoms with Crippen LogP contribution in [0.2, 0.25) is 0 Å². The third kappa shape index (κ3) is 4.83. The van der Waals surface area contributed by atoms with Gasteiger partial charge in [-0.15, -0.1) is 0 Å². The van der Waals surface area contributed by atoms with Gasteiger partial charge in [-0.3, -0.25) is 9.59 Å². The molecule has 7 nitrogen and oxygen atoms in total. The molecule has 0 aromatic heterocycles. The summed E-state index contributed by atoms with van der Waals surface area (Å²) in [6.07, 6.45) is 0. The summed E-state index contributed by atoms with van der Waals surface area (Å²) >= 11 is 0. The summed E-state index contributed by atoms with van der Waals surface area (Å²) in [5.74, 6) is -0.261. The van der Waals surface area contributed by atoms with Gasteiger partial charge in [-0.05, 0) is 42.5 Å². The molecule has 0 bridgehead atoms. The van der Waals surface area contributed by atoms with E-state index in [0.717, 1.165) is 0 Å². The molecule has 136 valence electrons. The molecule has 0 saturated carbocycles. The van der Waals surface area contributed by atoms with Crippen molar-refractivity contribution in [3.63, 3.8) is 0 Å². The molecule has 0 saturated heterocycles. The molecule has 0 aliphatic rings. The summed E-state index contributed by atoms with van der Waals surface area (Å²) in [6.45, 7) is 1.21. The van der Waals surface area contributed by atoms with E-state index in [4.69, 9.17) is 9.47 Å². The van der Waals surface area contributed by atoms with Gasteiger partial charge in [0.05, 0.1) is 19.8 Å². The Morgan fingerprint density at radius 1 is 0.923 bits per heavy atom. The molecule has 2 rings (SSSR count). The average Bonchev–Trinajstić information content (AvgIpc) is 2.65. The van der Waals surface area contributed by atoms with E-state index in [0.29, 0.717) is 28.3 Å². The first-order chi connectivity index (χ1) is 12.4. The zero-order valence-electron chi connectivity index (χ0n) is 14.7. The molecule has 1 amide bonds. The van der Waals surface area contributed by atoms with Gasteiger partial charge < -0.3 is 19.5 Å². The van der Waals surface area contributed by atoms with Crippen molar-refractivity contribution in [3.8, 4) is 11.5 Å². The summed E-state index contributed by atoms with van der Waals surface area (Å²) in [7, 11) is 2.72. The number of ketones is 1. The lowest BCUT2D eigenvalue weighted by Gasteiger charge is -2.11. The monoisotopic (exact) mass is 357 g/mol. The number of anilines is 1. The number of ether oxygens (including phenoxy) is 3. The topological polar surface area (TPSA) is 90.9 Å². The molecule has 0 atom stereocenters. The summed E-state index contributed by atoms with van der Waals surface area (Å²) in [6, 6.07) is 11.0. The highest BCUT2D eigenvalue weighted by atomic mass is 16.5. The number of hydrogen-bond donors (Lipinski definition) is 1. The second-order valence-corrected chi connectivity index (χ2v) is 5.33. The van der Waals surface area contributed by atoms with Crippen LogP contribution in [0, 0.1) is 0 Å². The lowest BCUT2D eigenvalue weighted by molar-refractivity contribution is -0.114. The Morgan fingerprint density at radius 2 is 1.58 bits per heavy atom. The zero-order valence-corrected chi connectivity index (χ0v) is 14.7. The average molecular weight is 357 g/mol. The van der Waals surface area contributed by atoms with Crippen LogP contribution in [0.25, 0.3) is 0 Å². The third-order valence-corrected chi connectivity index (χ3v) is 3.47. The number of hydrogen-bond acceptors (Lipinski definition) is 6. The first kappa shape index (κ1) is 19.0. The number of benzene rings is 2. The van der Waals surface area contributed by atoms with E-state index in [-0.39, 0.29) is 18.3 Å². The minimum absolute atomic E-state index is 0.185. The van der Waals surface area contributed by atoms with Crippen molar-refractivity contribution in [2.24, 2.45) is 0 Å². The molecule has 2 aromatic rings. The van der Waals surface area contributed by atoms with Crippen molar-refractivity contribution >= 4 is 23.3 Å². The number of methoxy groups -OCH3 is 2. The fourth-order valence-electron chi connectivity index (χ4n) is 2.20. The van der Waals surface area contributed by atoms with E-state index in [1.807, 2.05) is 0 Å². The standard InChI is InChI=1S/C19H19NO6/c1-12(21)20-15-7-4-13(5-8-15)16(22)11-26-17-9-6-14(19(23)25-3)10-18(17)24-2/h4-10H,11H2,1-3H3,(H,20,21). The fourth-order valence-corrected chi connectivity index (χ4v) is 2.20. The predicted octanol–water partition coefficient (Wildman–Crippen LogP) is 2.70. The van der Waals surface area contributed by atoms with Crippen LogP contribution in [0.4, 0.5) is 5.69 Å². The largest absolute Gasteiger partial charge is 0.493 e. The second kappa shape index (κ2) is 8.66. The highest BCUT2D eigenvalue weighted by Gasteiger charge is 2.13. The van der Waals surface area contributed by atoms with Crippen molar-refractivity contribution in [1.29, 1.82) is 0 Å². The van der Waals surface area contributed by atoms with E-state index in [1.165, 1.54) is 39.3 Å². The van der Waals surface area contributed by atoms with Crippen LogP contribution in [-0.2, 0) is 9.53 Å². The van der Waals surface area contributed by atoms with Gasteiger partial charge >= 0.3 is 5.97 Å². The van der Waals surface area contributed by atoms with Gasteiger partial charge in [-0.1, -0.05) is 0 Å². The van der Waals surface area contributed by atoms with Gasteiger partial charge in [0.1, 0.15) is 0 Å². The maximum atomic E-state index is 12.2. The predicted molar refractivity (Wildman–Crippen MR) is 94.9 cm³/mol. The number of rotatable bonds is 7. The Morgan fingerprint density at radius 3 is 2.15 bits per heavy atom. The van der Waals surface area contributed by atoms with Gasteiger partial charge in [0.25, 0.3) is 0 Å². The van der Waals surface area contributed by atoms with E-state index in [2.05, 4.69) is 10.1 Å².